The molecule has 0 aliphatic heterocycles. The first-order valence-corrected chi connectivity index (χ1v) is 8.29. The third-order valence-corrected chi connectivity index (χ3v) is 4.11. The number of benzene rings is 2. The molecular formula is C18H19Cl2NO2. The van der Waals surface area contributed by atoms with Crippen molar-refractivity contribution in [2.45, 2.75) is 20.3 Å². The van der Waals surface area contributed by atoms with Crippen molar-refractivity contribution < 1.29 is 9.53 Å². The second kappa shape index (κ2) is 8.23. The molecule has 0 saturated heterocycles. The minimum absolute atomic E-state index is 0.116. The number of anilines is 1. The molecule has 5 heteroatoms. The average molecular weight is 352 g/mol. The van der Waals surface area contributed by atoms with Gasteiger partial charge in [0.15, 0.2) is 0 Å². The first-order chi connectivity index (χ1) is 11.1. The molecule has 2 rings (SSSR count). The second-order valence-electron chi connectivity index (χ2n) is 4.98. The van der Waals surface area contributed by atoms with Crippen molar-refractivity contribution in [2.24, 2.45) is 0 Å². The van der Waals surface area contributed by atoms with E-state index in [1.165, 1.54) is 0 Å². The highest BCUT2D eigenvalue weighted by Crippen LogP contribution is 2.36. The third-order valence-electron chi connectivity index (χ3n) is 3.47. The fourth-order valence-electron chi connectivity index (χ4n) is 2.34. The predicted molar refractivity (Wildman–Crippen MR) is 96.4 cm³/mol. The maximum Gasteiger partial charge on any atom is 0.325 e. The lowest BCUT2D eigenvalue weighted by atomic mass is 10.0. The van der Waals surface area contributed by atoms with Gasteiger partial charge in [-0.25, -0.2) is 0 Å². The van der Waals surface area contributed by atoms with E-state index in [0.29, 0.717) is 16.7 Å². The monoisotopic (exact) mass is 351 g/mol. The average Bonchev–Trinajstić information content (AvgIpc) is 2.54. The zero-order valence-electron chi connectivity index (χ0n) is 13.2. The predicted octanol–water partition coefficient (Wildman–Crippen LogP) is 5.20. The number of nitrogens with one attached hydrogen (secondary N) is 1. The summed E-state index contributed by atoms with van der Waals surface area (Å²) in [4.78, 5) is 11.6. The topological polar surface area (TPSA) is 38.3 Å². The van der Waals surface area contributed by atoms with Crippen LogP contribution in [0.5, 0.6) is 0 Å². The molecule has 0 spiro atoms. The molecule has 2 aromatic carbocycles. The molecule has 0 atom stereocenters. The van der Waals surface area contributed by atoms with Crippen LogP contribution in [0, 0.1) is 0 Å². The summed E-state index contributed by atoms with van der Waals surface area (Å²) in [5.41, 5.74) is 3.59. The van der Waals surface area contributed by atoms with Gasteiger partial charge >= 0.3 is 5.97 Å². The van der Waals surface area contributed by atoms with Gasteiger partial charge in [-0.2, -0.15) is 0 Å². The molecule has 0 aromatic heterocycles. The number of rotatable bonds is 6. The van der Waals surface area contributed by atoms with Crippen molar-refractivity contribution >= 4 is 34.9 Å². The molecule has 23 heavy (non-hydrogen) atoms. The van der Waals surface area contributed by atoms with Crippen LogP contribution in [0.1, 0.15) is 19.4 Å². The van der Waals surface area contributed by atoms with Gasteiger partial charge in [-0.1, -0.05) is 48.3 Å². The molecule has 1 N–H and O–H groups in total. The highest BCUT2D eigenvalue weighted by molar-refractivity contribution is 6.36. The summed E-state index contributed by atoms with van der Waals surface area (Å²) in [6.45, 7) is 4.31. The lowest BCUT2D eigenvalue weighted by Crippen LogP contribution is -2.17. The molecule has 0 aliphatic rings. The van der Waals surface area contributed by atoms with Crippen molar-refractivity contribution in [3.05, 3.63) is 52.0 Å². The maximum atomic E-state index is 11.6. The Kier molecular flexibility index (Phi) is 6.31. The number of ether oxygens (including phenoxy) is 1. The molecule has 0 fully saturated rings. The van der Waals surface area contributed by atoms with E-state index >= 15 is 0 Å². The van der Waals surface area contributed by atoms with E-state index in [-0.39, 0.29) is 12.5 Å². The Hall–Kier alpha value is -1.71. The van der Waals surface area contributed by atoms with Gasteiger partial charge in [0.25, 0.3) is 0 Å². The van der Waals surface area contributed by atoms with Crippen molar-refractivity contribution in [2.75, 3.05) is 18.5 Å². The molecular weight excluding hydrogens is 333 g/mol. The van der Waals surface area contributed by atoms with Crippen LogP contribution in [0.4, 0.5) is 5.69 Å². The van der Waals surface area contributed by atoms with Crippen molar-refractivity contribution in [3.63, 3.8) is 0 Å². The highest BCUT2D eigenvalue weighted by atomic mass is 35.5. The van der Waals surface area contributed by atoms with E-state index in [9.17, 15) is 4.79 Å². The Morgan fingerprint density at radius 2 is 1.83 bits per heavy atom. The molecule has 0 amide bonds. The quantitative estimate of drug-likeness (QED) is 0.727. The second-order valence-corrected chi connectivity index (χ2v) is 5.80. The largest absolute Gasteiger partial charge is 0.465 e. The van der Waals surface area contributed by atoms with E-state index < -0.39 is 0 Å². The minimum atomic E-state index is -0.288. The van der Waals surface area contributed by atoms with Crippen LogP contribution in [-0.2, 0) is 16.0 Å². The number of hydrogen-bond donors (Lipinski definition) is 1. The van der Waals surface area contributed by atoms with Gasteiger partial charge < -0.3 is 10.1 Å². The Balaban J connectivity index is 2.36. The first-order valence-electron chi connectivity index (χ1n) is 7.53. The van der Waals surface area contributed by atoms with Crippen LogP contribution < -0.4 is 5.32 Å². The number of aryl methyl sites for hydroxylation is 1. The van der Waals surface area contributed by atoms with Crippen molar-refractivity contribution in [1.29, 1.82) is 0 Å². The summed E-state index contributed by atoms with van der Waals surface area (Å²) in [6, 6.07) is 11.4. The lowest BCUT2D eigenvalue weighted by molar-refractivity contribution is -0.140. The SMILES string of the molecule is CCOC(=O)CNc1cc(-c2ccccc2Cl)c(Cl)cc1CC. The first kappa shape index (κ1) is 17.6. The summed E-state index contributed by atoms with van der Waals surface area (Å²) in [5.74, 6) is -0.288. The lowest BCUT2D eigenvalue weighted by Gasteiger charge is -2.15. The van der Waals surface area contributed by atoms with E-state index in [0.717, 1.165) is 28.8 Å². The summed E-state index contributed by atoms with van der Waals surface area (Å²) in [7, 11) is 0. The Bertz CT molecular complexity index is 701. The summed E-state index contributed by atoms with van der Waals surface area (Å²) in [5, 5.41) is 4.40. The smallest absolute Gasteiger partial charge is 0.325 e. The normalized spacial score (nSPS) is 10.4. The van der Waals surface area contributed by atoms with Crippen LogP contribution in [0.25, 0.3) is 11.1 Å². The van der Waals surface area contributed by atoms with E-state index in [1.807, 2.05) is 43.3 Å². The maximum absolute atomic E-state index is 11.6. The minimum Gasteiger partial charge on any atom is -0.465 e. The van der Waals surface area contributed by atoms with Crippen LogP contribution >= 0.6 is 23.2 Å². The Morgan fingerprint density at radius 1 is 1.09 bits per heavy atom. The molecule has 122 valence electrons. The molecule has 3 nitrogen and oxygen atoms in total. The zero-order chi connectivity index (χ0) is 16.8. The van der Waals surface area contributed by atoms with Gasteiger partial charge in [0, 0.05) is 26.9 Å². The van der Waals surface area contributed by atoms with Gasteiger partial charge in [-0.05, 0) is 37.1 Å². The van der Waals surface area contributed by atoms with Gasteiger partial charge in [-0.15, -0.1) is 0 Å². The third kappa shape index (κ3) is 4.40. The molecule has 0 radical (unpaired) electrons. The summed E-state index contributed by atoms with van der Waals surface area (Å²) >= 11 is 12.7. The number of carbonyl (C=O) groups excluding carboxylic acids is 1. The number of esters is 1. The number of hydrogen-bond acceptors (Lipinski definition) is 3. The van der Waals surface area contributed by atoms with E-state index in [1.54, 1.807) is 6.92 Å². The fourth-order valence-corrected chi connectivity index (χ4v) is 2.86. The van der Waals surface area contributed by atoms with Gasteiger partial charge in [0.05, 0.1) is 6.61 Å². The highest BCUT2D eigenvalue weighted by Gasteiger charge is 2.12. The van der Waals surface area contributed by atoms with E-state index in [4.69, 9.17) is 27.9 Å². The van der Waals surface area contributed by atoms with Crippen LogP contribution in [0.3, 0.4) is 0 Å². The number of carbonyl (C=O) groups is 1. The van der Waals surface area contributed by atoms with Crippen LogP contribution in [0.15, 0.2) is 36.4 Å². The standard InChI is InChI=1S/C18H19Cl2NO2/c1-3-12-9-16(20)14(13-7-5-6-8-15(13)19)10-17(12)21-11-18(22)23-4-2/h5-10,21H,3-4,11H2,1-2H3. The molecule has 0 bridgehead atoms. The zero-order valence-corrected chi connectivity index (χ0v) is 14.7. The molecule has 0 unspecified atom stereocenters. The van der Waals surface area contributed by atoms with Crippen LogP contribution in [0.2, 0.25) is 10.0 Å². The molecule has 0 saturated carbocycles. The van der Waals surface area contributed by atoms with Gasteiger partial charge in [0.2, 0.25) is 0 Å². The number of halogens is 2. The summed E-state index contributed by atoms with van der Waals surface area (Å²) in [6.07, 6.45) is 0.799. The van der Waals surface area contributed by atoms with Crippen molar-refractivity contribution in [3.8, 4) is 11.1 Å². The van der Waals surface area contributed by atoms with Crippen molar-refractivity contribution in [1.82, 2.24) is 0 Å². The van der Waals surface area contributed by atoms with Crippen LogP contribution in [-0.4, -0.2) is 19.1 Å². The van der Waals surface area contributed by atoms with E-state index in [2.05, 4.69) is 5.32 Å². The fraction of sp³-hybridized carbons (Fsp3) is 0.278. The molecule has 2 aromatic rings. The molecule has 0 aliphatic carbocycles. The van der Waals surface area contributed by atoms with Gasteiger partial charge in [0.1, 0.15) is 6.54 Å². The summed E-state index contributed by atoms with van der Waals surface area (Å²) < 4.78 is 4.95. The molecule has 0 heterocycles. The Labute approximate surface area is 146 Å². The van der Waals surface area contributed by atoms with Gasteiger partial charge in [-0.3, -0.25) is 4.79 Å². The Morgan fingerprint density at radius 3 is 2.48 bits per heavy atom.